The summed E-state index contributed by atoms with van der Waals surface area (Å²) in [6.07, 6.45) is 2.37. The molecule has 1 saturated heterocycles. The average molecular weight is 554 g/mol. The standard InChI is InChI=1S/C21H36ClN5S.HI/c1-3-23-21(25-12-18-28-20-9-7-19(22)8-10-20)24-11-5-6-13-27-16-14-26(4-2)15-17-27;/h7-10H,3-6,11-18H2,1-2H3,(H2,23,24,25);1H. The zero-order valence-corrected chi connectivity index (χ0v) is 21.7. The minimum absolute atomic E-state index is 0. The lowest BCUT2D eigenvalue weighted by molar-refractivity contribution is 0.136. The van der Waals surface area contributed by atoms with E-state index in [2.05, 4.69) is 46.4 Å². The van der Waals surface area contributed by atoms with Gasteiger partial charge in [-0.2, -0.15) is 0 Å². The van der Waals surface area contributed by atoms with Crippen molar-refractivity contribution in [2.24, 2.45) is 4.99 Å². The maximum absolute atomic E-state index is 5.93. The van der Waals surface area contributed by atoms with Crippen molar-refractivity contribution in [3.8, 4) is 0 Å². The molecular weight excluding hydrogens is 517 g/mol. The summed E-state index contributed by atoms with van der Waals surface area (Å²) in [7, 11) is 0. The third kappa shape index (κ3) is 11.7. The van der Waals surface area contributed by atoms with Gasteiger partial charge in [0.2, 0.25) is 0 Å². The maximum Gasteiger partial charge on any atom is 0.191 e. The minimum atomic E-state index is 0. The number of thioether (sulfide) groups is 1. The van der Waals surface area contributed by atoms with Gasteiger partial charge in [0, 0.05) is 61.5 Å². The number of halogens is 2. The Labute approximate surface area is 203 Å². The molecule has 0 radical (unpaired) electrons. The van der Waals surface area contributed by atoms with Gasteiger partial charge in [0.15, 0.2) is 5.96 Å². The lowest BCUT2D eigenvalue weighted by atomic mass is 10.2. The number of nitrogens with one attached hydrogen (secondary N) is 2. The van der Waals surface area contributed by atoms with Gasteiger partial charge >= 0.3 is 0 Å². The molecule has 0 unspecified atom stereocenters. The highest BCUT2D eigenvalue weighted by Crippen LogP contribution is 2.19. The van der Waals surface area contributed by atoms with Crippen LogP contribution in [-0.4, -0.2) is 80.4 Å². The summed E-state index contributed by atoms with van der Waals surface area (Å²) in [6.45, 7) is 14.3. The number of guanidine groups is 1. The third-order valence-electron chi connectivity index (χ3n) is 4.89. The SMILES string of the molecule is CCNC(=NCCCCN1CCN(CC)CC1)NCCSc1ccc(Cl)cc1.I. The van der Waals surface area contributed by atoms with Gasteiger partial charge in [0.05, 0.1) is 0 Å². The molecule has 1 aromatic rings. The number of aliphatic imine (C=N–C) groups is 1. The molecule has 0 saturated carbocycles. The van der Waals surface area contributed by atoms with E-state index in [1.54, 1.807) is 0 Å². The molecule has 1 aliphatic heterocycles. The van der Waals surface area contributed by atoms with Crippen LogP contribution in [0.1, 0.15) is 26.7 Å². The van der Waals surface area contributed by atoms with Gasteiger partial charge in [0.25, 0.3) is 0 Å². The van der Waals surface area contributed by atoms with Crippen LogP contribution in [-0.2, 0) is 0 Å². The topological polar surface area (TPSA) is 42.9 Å². The van der Waals surface area contributed by atoms with Crippen molar-refractivity contribution < 1.29 is 0 Å². The second kappa shape index (κ2) is 16.5. The second-order valence-electron chi connectivity index (χ2n) is 6.97. The van der Waals surface area contributed by atoms with Crippen LogP contribution in [0, 0.1) is 0 Å². The van der Waals surface area contributed by atoms with Crippen molar-refractivity contribution in [1.29, 1.82) is 0 Å². The van der Waals surface area contributed by atoms with Gasteiger partial charge in [0.1, 0.15) is 0 Å². The highest BCUT2D eigenvalue weighted by Gasteiger charge is 2.14. The second-order valence-corrected chi connectivity index (χ2v) is 8.58. The molecule has 166 valence electrons. The highest BCUT2D eigenvalue weighted by atomic mass is 127. The molecule has 0 spiro atoms. The van der Waals surface area contributed by atoms with Crippen LogP contribution in [0.2, 0.25) is 5.02 Å². The molecule has 1 aliphatic rings. The lowest BCUT2D eigenvalue weighted by Gasteiger charge is -2.33. The number of likely N-dealkylation sites (N-methyl/N-ethyl adjacent to an activating group) is 1. The summed E-state index contributed by atoms with van der Waals surface area (Å²) >= 11 is 7.75. The first-order chi connectivity index (χ1) is 13.7. The van der Waals surface area contributed by atoms with Crippen molar-refractivity contribution in [3.63, 3.8) is 0 Å². The average Bonchev–Trinajstić information content (AvgIpc) is 2.72. The Bertz CT molecular complexity index is 565. The zero-order valence-electron chi connectivity index (χ0n) is 17.8. The van der Waals surface area contributed by atoms with E-state index in [1.165, 1.54) is 50.6 Å². The van der Waals surface area contributed by atoms with E-state index in [0.717, 1.165) is 42.8 Å². The van der Waals surface area contributed by atoms with Crippen LogP contribution < -0.4 is 10.6 Å². The van der Waals surface area contributed by atoms with Crippen LogP contribution in [0.25, 0.3) is 0 Å². The summed E-state index contributed by atoms with van der Waals surface area (Å²) in [5, 5.41) is 7.55. The molecular formula is C21H37ClIN5S. The fraction of sp³-hybridized carbons (Fsp3) is 0.667. The predicted octanol–water partition coefficient (Wildman–Crippen LogP) is 4.02. The first kappa shape index (κ1) is 26.8. The van der Waals surface area contributed by atoms with Gasteiger partial charge in [-0.15, -0.1) is 35.7 Å². The number of rotatable bonds is 11. The molecule has 0 bridgehead atoms. The molecule has 5 nitrogen and oxygen atoms in total. The monoisotopic (exact) mass is 553 g/mol. The molecule has 0 aliphatic carbocycles. The van der Waals surface area contributed by atoms with Crippen molar-refractivity contribution in [2.75, 3.05) is 64.7 Å². The van der Waals surface area contributed by atoms with Crippen molar-refractivity contribution in [1.82, 2.24) is 20.4 Å². The summed E-state index contributed by atoms with van der Waals surface area (Å²) in [4.78, 5) is 11.1. The van der Waals surface area contributed by atoms with E-state index >= 15 is 0 Å². The Morgan fingerprint density at radius 1 is 1.03 bits per heavy atom. The van der Waals surface area contributed by atoms with Crippen LogP contribution in [0.3, 0.4) is 0 Å². The Balaban J connectivity index is 0.00000420. The molecule has 0 atom stereocenters. The third-order valence-corrected chi connectivity index (χ3v) is 6.15. The van der Waals surface area contributed by atoms with E-state index in [1.807, 2.05) is 23.9 Å². The highest BCUT2D eigenvalue weighted by molar-refractivity contribution is 14.0. The predicted molar refractivity (Wildman–Crippen MR) is 139 cm³/mol. The normalized spacial score (nSPS) is 15.8. The van der Waals surface area contributed by atoms with Gasteiger partial charge in [-0.1, -0.05) is 18.5 Å². The Hall–Kier alpha value is -0.220. The van der Waals surface area contributed by atoms with Crippen molar-refractivity contribution in [3.05, 3.63) is 29.3 Å². The zero-order chi connectivity index (χ0) is 20.0. The fourth-order valence-electron chi connectivity index (χ4n) is 3.18. The number of nitrogens with zero attached hydrogens (tertiary/aromatic N) is 3. The van der Waals surface area contributed by atoms with E-state index in [9.17, 15) is 0 Å². The fourth-order valence-corrected chi connectivity index (χ4v) is 4.07. The van der Waals surface area contributed by atoms with Crippen LogP contribution >= 0.6 is 47.3 Å². The van der Waals surface area contributed by atoms with E-state index in [4.69, 9.17) is 16.6 Å². The molecule has 2 N–H and O–H groups in total. The van der Waals surface area contributed by atoms with Gasteiger partial charge in [-0.3, -0.25) is 4.99 Å². The van der Waals surface area contributed by atoms with Gasteiger partial charge < -0.3 is 20.4 Å². The van der Waals surface area contributed by atoms with E-state index < -0.39 is 0 Å². The quantitative estimate of drug-likeness (QED) is 0.142. The number of benzene rings is 1. The van der Waals surface area contributed by atoms with Crippen LogP contribution in [0.4, 0.5) is 0 Å². The summed E-state index contributed by atoms with van der Waals surface area (Å²) in [5.74, 6) is 1.92. The molecule has 29 heavy (non-hydrogen) atoms. The van der Waals surface area contributed by atoms with Gasteiger partial charge in [-0.25, -0.2) is 0 Å². The number of piperazine rings is 1. The molecule has 1 aromatic carbocycles. The largest absolute Gasteiger partial charge is 0.357 e. The maximum atomic E-state index is 5.93. The van der Waals surface area contributed by atoms with E-state index in [-0.39, 0.29) is 24.0 Å². The minimum Gasteiger partial charge on any atom is -0.357 e. The number of unbranched alkanes of at least 4 members (excludes halogenated alkanes) is 1. The molecule has 8 heteroatoms. The smallest absolute Gasteiger partial charge is 0.191 e. The Morgan fingerprint density at radius 2 is 1.72 bits per heavy atom. The molecule has 1 heterocycles. The Kier molecular flexibility index (Phi) is 15.2. The lowest BCUT2D eigenvalue weighted by Crippen LogP contribution is -2.46. The molecule has 1 fully saturated rings. The summed E-state index contributed by atoms with van der Waals surface area (Å²) in [6, 6.07) is 8.00. The molecule has 0 aromatic heterocycles. The Morgan fingerprint density at radius 3 is 2.38 bits per heavy atom. The summed E-state index contributed by atoms with van der Waals surface area (Å²) < 4.78 is 0. The van der Waals surface area contributed by atoms with E-state index in [0.29, 0.717) is 0 Å². The van der Waals surface area contributed by atoms with Crippen molar-refractivity contribution >= 4 is 53.3 Å². The first-order valence-electron chi connectivity index (χ1n) is 10.6. The summed E-state index contributed by atoms with van der Waals surface area (Å²) in [5.41, 5.74) is 0. The first-order valence-corrected chi connectivity index (χ1v) is 11.9. The van der Waals surface area contributed by atoms with Gasteiger partial charge in [-0.05, 0) is 57.1 Å². The molecule has 2 rings (SSSR count). The molecule has 0 amide bonds. The van der Waals surface area contributed by atoms with Crippen molar-refractivity contribution in [2.45, 2.75) is 31.6 Å². The number of hydrogen-bond donors (Lipinski definition) is 2. The van der Waals surface area contributed by atoms with Crippen LogP contribution in [0.15, 0.2) is 34.2 Å². The number of hydrogen-bond acceptors (Lipinski definition) is 4. The van der Waals surface area contributed by atoms with Crippen LogP contribution in [0.5, 0.6) is 0 Å².